The summed E-state index contributed by atoms with van der Waals surface area (Å²) >= 11 is 1.96. The van der Waals surface area contributed by atoms with Crippen LogP contribution >= 0.6 is 11.8 Å². The maximum Gasteiger partial charge on any atom is 0.253 e. The minimum Gasteiger partial charge on any atom is -0.381 e. The molecule has 0 saturated carbocycles. The molecule has 0 aromatic heterocycles. The third-order valence-electron chi connectivity index (χ3n) is 4.33. The van der Waals surface area contributed by atoms with Crippen LogP contribution in [0, 0.1) is 0 Å². The zero-order valence-corrected chi connectivity index (χ0v) is 13.2. The van der Waals surface area contributed by atoms with Gasteiger partial charge in [0, 0.05) is 47.9 Å². The molecule has 6 heteroatoms. The summed E-state index contributed by atoms with van der Waals surface area (Å²) in [6.07, 6.45) is 1.98. The first-order valence-corrected chi connectivity index (χ1v) is 8.49. The second-order valence-electron chi connectivity index (χ2n) is 5.82. The number of benzene rings is 1. The van der Waals surface area contributed by atoms with E-state index in [0.717, 1.165) is 44.9 Å². The van der Waals surface area contributed by atoms with Gasteiger partial charge < -0.3 is 15.4 Å². The number of nitrogens with two attached hydrogens (primary N) is 1. The number of thioether (sulfide) groups is 1. The smallest absolute Gasteiger partial charge is 0.253 e. The zero-order chi connectivity index (χ0) is 15.6. The van der Waals surface area contributed by atoms with Crippen molar-refractivity contribution in [3.8, 4) is 0 Å². The van der Waals surface area contributed by atoms with Gasteiger partial charge in [0.1, 0.15) is 0 Å². The molecule has 2 saturated heterocycles. The van der Waals surface area contributed by atoms with Gasteiger partial charge in [-0.3, -0.25) is 9.59 Å². The standard InChI is InChI=1S/C16H20N2O3S/c17-14(19)12-2-1-3-13(10-12)15(20)18-6-9-22-16(11-18)4-7-21-8-5-16/h1-3,10H,4-9,11H2,(H2,17,19). The van der Waals surface area contributed by atoms with Crippen LogP contribution in [0.1, 0.15) is 33.6 Å². The number of carbonyl (C=O) groups is 2. The Hall–Kier alpha value is -1.53. The molecule has 2 fully saturated rings. The van der Waals surface area contributed by atoms with Crippen LogP contribution < -0.4 is 5.73 Å². The lowest BCUT2D eigenvalue weighted by Crippen LogP contribution is -2.51. The quantitative estimate of drug-likeness (QED) is 0.897. The van der Waals surface area contributed by atoms with Crippen LogP contribution in [0.5, 0.6) is 0 Å². The number of hydrogen-bond donors (Lipinski definition) is 1. The Bertz CT molecular complexity index is 579. The lowest BCUT2D eigenvalue weighted by molar-refractivity contribution is 0.0536. The highest BCUT2D eigenvalue weighted by molar-refractivity contribution is 8.00. The molecule has 1 aromatic carbocycles. The maximum absolute atomic E-state index is 12.7. The van der Waals surface area contributed by atoms with Crippen LogP contribution in [0.15, 0.2) is 24.3 Å². The van der Waals surface area contributed by atoms with Crippen molar-refractivity contribution in [2.24, 2.45) is 5.73 Å². The van der Waals surface area contributed by atoms with E-state index in [2.05, 4.69) is 0 Å². The number of carbonyl (C=O) groups excluding carboxylic acids is 2. The third kappa shape index (κ3) is 3.13. The van der Waals surface area contributed by atoms with Crippen molar-refractivity contribution in [2.45, 2.75) is 17.6 Å². The molecule has 0 unspecified atom stereocenters. The number of nitrogens with zero attached hydrogens (tertiary/aromatic N) is 1. The fourth-order valence-electron chi connectivity index (χ4n) is 3.05. The van der Waals surface area contributed by atoms with E-state index in [1.165, 1.54) is 0 Å². The molecule has 0 radical (unpaired) electrons. The number of rotatable bonds is 2. The van der Waals surface area contributed by atoms with Crippen molar-refractivity contribution in [1.29, 1.82) is 0 Å². The molecule has 3 rings (SSSR count). The van der Waals surface area contributed by atoms with Crippen molar-refractivity contribution >= 4 is 23.6 Å². The first kappa shape index (κ1) is 15.4. The molecule has 1 aromatic rings. The molecule has 0 bridgehead atoms. The van der Waals surface area contributed by atoms with E-state index in [1.807, 2.05) is 16.7 Å². The number of hydrogen-bond acceptors (Lipinski definition) is 4. The van der Waals surface area contributed by atoms with E-state index >= 15 is 0 Å². The minimum atomic E-state index is -0.509. The minimum absolute atomic E-state index is 0.0192. The Morgan fingerprint density at radius 3 is 2.68 bits per heavy atom. The number of amides is 2. The zero-order valence-electron chi connectivity index (χ0n) is 12.4. The highest BCUT2D eigenvalue weighted by Gasteiger charge is 2.39. The maximum atomic E-state index is 12.7. The summed E-state index contributed by atoms with van der Waals surface area (Å²) in [7, 11) is 0. The van der Waals surface area contributed by atoms with Crippen LogP contribution in [0.3, 0.4) is 0 Å². The van der Waals surface area contributed by atoms with Crippen molar-refractivity contribution < 1.29 is 14.3 Å². The van der Waals surface area contributed by atoms with Crippen LogP contribution in [0.25, 0.3) is 0 Å². The molecular formula is C16H20N2O3S. The molecule has 22 heavy (non-hydrogen) atoms. The molecule has 0 atom stereocenters. The fourth-order valence-corrected chi connectivity index (χ4v) is 4.50. The van der Waals surface area contributed by atoms with Gasteiger partial charge in [-0.2, -0.15) is 11.8 Å². The van der Waals surface area contributed by atoms with Gasteiger partial charge in [0.15, 0.2) is 0 Å². The normalized spacial score (nSPS) is 20.8. The van der Waals surface area contributed by atoms with Gasteiger partial charge in [-0.05, 0) is 31.0 Å². The second kappa shape index (κ2) is 6.30. The van der Waals surface area contributed by atoms with Gasteiger partial charge in [-0.15, -0.1) is 0 Å². The molecule has 2 aliphatic rings. The van der Waals surface area contributed by atoms with E-state index < -0.39 is 5.91 Å². The summed E-state index contributed by atoms with van der Waals surface area (Å²) in [6.45, 7) is 3.03. The topological polar surface area (TPSA) is 72.6 Å². The molecule has 118 valence electrons. The van der Waals surface area contributed by atoms with Gasteiger partial charge in [-0.25, -0.2) is 0 Å². The average Bonchev–Trinajstić information content (AvgIpc) is 2.55. The van der Waals surface area contributed by atoms with Crippen molar-refractivity contribution in [3.05, 3.63) is 35.4 Å². The van der Waals surface area contributed by atoms with Crippen LogP contribution in [0.4, 0.5) is 0 Å². The Morgan fingerprint density at radius 2 is 1.95 bits per heavy atom. The van der Waals surface area contributed by atoms with Gasteiger partial charge in [0.2, 0.25) is 5.91 Å². The lowest BCUT2D eigenvalue weighted by atomic mass is 9.97. The molecule has 5 nitrogen and oxygen atoms in total. The van der Waals surface area contributed by atoms with E-state index in [-0.39, 0.29) is 10.7 Å². The summed E-state index contributed by atoms with van der Waals surface area (Å²) in [6, 6.07) is 6.66. The number of ether oxygens (including phenoxy) is 1. The molecule has 2 N–H and O–H groups in total. The molecule has 2 heterocycles. The SMILES string of the molecule is NC(=O)c1cccc(C(=O)N2CCSC3(CCOCC3)C2)c1. The monoisotopic (exact) mass is 320 g/mol. The van der Waals surface area contributed by atoms with E-state index in [1.54, 1.807) is 24.3 Å². The Labute approximate surface area is 134 Å². The van der Waals surface area contributed by atoms with Gasteiger partial charge in [0.05, 0.1) is 0 Å². The molecule has 2 amide bonds. The molecule has 2 aliphatic heterocycles. The largest absolute Gasteiger partial charge is 0.381 e. The summed E-state index contributed by atoms with van der Waals surface area (Å²) in [4.78, 5) is 25.9. The summed E-state index contributed by atoms with van der Waals surface area (Å²) in [5.74, 6) is 0.417. The first-order chi connectivity index (χ1) is 10.6. The highest BCUT2D eigenvalue weighted by Crippen LogP contribution is 2.39. The van der Waals surface area contributed by atoms with Gasteiger partial charge >= 0.3 is 0 Å². The molecule has 1 spiro atoms. The average molecular weight is 320 g/mol. The molecule has 0 aliphatic carbocycles. The number of primary amides is 1. The predicted molar refractivity (Wildman–Crippen MR) is 86.1 cm³/mol. The Kier molecular flexibility index (Phi) is 4.40. The first-order valence-electron chi connectivity index (χ1n) is 7.51. The van der Waals surface area contributed by atoms with Gasteiger partial charge in [0.25, 0.3) is 5.91 Å². The highest BCUT2D eigenvalue weighted by atomic mass is 32.2. The van der Waals surface area contributed by atoms with Crippen molar-refractivity contribution in [3.63, 3.8) is 0 Å². The van der Waals surface area contributed by atoms with Gasteiger partial charge in [-0.1, -0.05) is 6.07 Å². The molecular weight excluding hydrogens is 300 g/mol. The van der Waals surface area contributed by atoms with Crippen LogP contribution in [0.2, 0.25) is 0 Å². The van der Waals surface area contributed by atoms with E-state index in [0.29, 0.717) is 11.1 Å². The van der Waals surface area contributed by atoms with E-state index in [4.69, 9.17) is 10.5 Å². The third-order valence-corrected chi connectivity index (χ3v) is 5.87. The van der Waals surface area contributed by atoms with Crippen LogP contribution in [-0.4, -0.2) is 53.5 Å². The lowest BCUT2D eigenvalue weighted by Gasteiger charge is -2.44. The van der Waals surface area contributed by atoms with Crippen molar-refractivity contribution in [2.75, 3.05) is 32.1 Å². The summed E-state index contributed by atoms with van der Waals surface area (Å²) in [5, 5.41) is 0. The summed E-state index contributed by atoms with van der Waals surface area (Å²) < 4.78 is 5.58. The Balaban J connectivity index is 1.76. The fraction of sp³-hybridized carbons (Fsp3) is 0.500. The van der Waals surface area contributed by atoms with Crippen molar-refractivity contribution in [1.82, 2.24) is 4.90 Å². The van der Waals surface area contributed by atoms with Crippen LogP contribution in [-0.2, 0) is 4.74 Å². The summed E-state index contributed by atoms with van der Waals surface area (Å²) in [5.41, 5.74) is 6.20. The second-order valence-corrected chi connectivity index (χ2v) is 7.38. The predicted octanol–water partition coefficient (Wildman–Crippen LogP) is 1.52. The Morgan fingerprint density at radius 1 is 1.23 bits per heavy atom. The van der Waals surface area contributed by atoms with E-state index in [9.17, 15) is 9.59 Å².